The third kappa shape index (κ3) is 3.08. The summed E-state index contributed by atoms with van der Waals surface area (Å²) in [5.41, 5.74) is -1.53. The summed E-state index contributed by atoms with van der Waals surface area (Å²) in [6.45, 7) is 0. The first-order valence-corrected chi connectivity index (χ1v) is 7.73. The van der Waals surface area contributed by atoms with E-state index in [9.17, 15) is 28.1 Å². The Morgan fingerprint density at radius 1 is 0.875 bits per heavy atom. The maximum atomic E-state index is 12.5. The minimum atomic E-state index is -4.16. The molecule has 0 heterocycles. The molecular formula is C14H9NO8S. The van der Waals surface area contributed by atoms with Gasteiger partial charge in [-0.1, -0.05) is 0 Å². The summed E-state index contributed by atoms with van der Waals surface area (Å²) < 4.78 is 24.9. The SMILES string of the molecule is O=C(O)c1ccc(S(=O)(=O)c2ccc([N+](=O)[O-])cc2)cc1C(=O)O. The average molecular weight is 351 g/mol. The van der Waals surface area contributed by atoms with Crippen LogP contribution in [0.3, 0.4) is 0 Å². The number of nitrogens with zero attached hydrogens (tertiary/aromatic N) is 1. The third-order valence-corrected chi connectivity index (χ3v) is 4.89. The van der Waals surface area contributed by atoms with Crippen LogP contribution in [0.25, 0.3) is 0 Å². The molecule has 24 heavy (non-hydrogen) atoms. The number of carboxylic acids is 2. The number of aromatic carboxylic acids is 2. The van der Waals surface area contributed by atoms with Gasteiger partial charge >= 0.3 is 11.9 Å². The molecule has 0 unspecified atom stereocenters. The van der Waals surface area contributed by atoms with Crippen molar-refractivity contribution in [2.75, 3.05) is 0 Å². The van der Waals surface area contributed by atoms with Gasteiger partial charge in [-0.05, 0) is 30.3 Å². The molecule has 9 nitrogen and oxygen atoms in total. The van der Waals surface area contributed by atoms with Crippen LogP contribution >= 0.6 is 0 Å². The van der Waals surface area contributed by atoms with E-state index in [0.717, 1.165) is 42.5 Å². The number of carboxylic acid groups (broad SMARTS) is 2. The highest BCUT2D eigenvalue weighted by molar-refractivity contribution is 7.91. The number of hydrogen-bond donors (Lipinski definition) is 2. The molecule has 2 rings (SSSR count). The van der Waals surface area contributed by atoms with Crippen LogP contribution < -0.4 is 0 Å². The zero-order chi connectivity index (χ0) is 18.1. The monoisotopic (exact) mass is 351 g/mol. The van der Waals surface area contributed by atoms with Crippen molar-refractivity contribution in [3.63, 3.8) is 0 Å². The summed E-state index contributed by atoms with van der Waals surface area (Å²) in [4.78, 5) is 31.3. The van der Waals surface area contributed by atoms with Crippen molar-refractivity contribution >= 4 is 27.5 Å². The van der Waals surface area contributed by atoms with E-state index in [1.54, 1.807) is 0 Å². The number of carbonyl (C=O) groups is 2. The van der Waals surface area contributed by atoms with Crippen LogP contribution in [0.15, 0.2) is 52.3 Å². The predicted molar refractivity (Wildman–Crippen MR) is 78.9 cm³/mol. The molecule has 0 spiro atoms. The Morgan fingerprint density at radius 2 is 1.38 bits per heavy atom. The Kier molecular flexibility index (Phi) is 4.33. The largest absolute Gasteiger partial charge is 0.478 e. The van der Waals surface area contributed by atoms with E-state index < -0.39 is 42.7 Å². The van der Waals surface area contributed by atoms with E-state index >= 15 is 0 Å². The first-order valence-electron chi connectivity index (χ1n) is 6.25. The number of nitro benzene ring substituents is 1. The van der Waals surface area contributed by atoms with Crippen molar-refractivity contribution in [1.29, 1.82) is 0 Å². The summed E-state index contributed by atoms with van der Waals surface area (Å²) >= 11 is 0. The normalized spacial score (nSPS) is 11.0. The third-order valence-electron chi connectivity index (χ3n) is 3.12. The number of hydrogen-bond acceptors (Lipinski definition) is 6. The highest BCUT2D eigenvalue weighted by Gasteiger charge is 2.23. The first-order chi connectivity index (χ1) is 11.1. The molecular weight excluding hydrogens is 342 g/mol. The second-order valence-corrected chi connectivity index (χ2v) is 6.52. The van der Waals surface area contributed by atoms with Gasteiger partial charge in [0, 0.05) is 12.1 Å². The first kappa shape index (κ1) is 17.1. The van der Waals surface area contributed by atoms with E-state index in [2.05, 4.69) is 0 Å². The minimum absolute atomic E-state index is 0.285. The molecule has 0 atom stereocenters. The summed E-state index contributed by atoms with van der Waals surface area (Å²) in [5.74, 6) is -3.10. The quantitative estimate of drug-likeness (QED) is 0.611. The molecule has 0 saturated heterocycles. The lowest BCUT2D eigenvalue weighted by Gasteiger charge is -2.07. The molecule has 0 bridgehead atoms. The van der Waals surface area contributed by atoms with Crippen molar-refractivity contribution in [2.24, 2.45) is 0 Å². The van der Waals surface area contributed by atoms with Crippen molar-refractivity contribution in [2.45, 2.75) is 9.79 Å². The summed E-state index contributed by atoms with van der Waals surface area (Å²) in [6, 6.07) is 6.60. The van der Waals surface area contributed by atoms with Gasteiger partial charge in [-0.2, -0.15) is 0 Å². The van der Waals surface area contributed by atoms with Gasteiger partial charge in [-0.25, -0.2) is 18.0 Å². The number of sulfone groups is 1. The fourth-order valence-corrected chi connectivity index (χ4v) is 3.22. The van der Waals surface area contributed by atoms with Gasteiger partial charge in [0.1, 0.15) is 0 Å². The average Bonchev–Trinajstić information content (AvgIpc) is 2.54. The molecule has 10 heteroatoms. The van der Waals surface area contributed by atoms with Gasteiger partial charge < -0.3 is 10.2 Å². The summed E-state index contributed by atoms with van der Waals surface area (Å²) in [7, 11) is -4.16. The Hall–Kier alpha value is -3.27. The Balaban J connectivity index is 2.57. The number of rotatable bonds is 5. The van der Waals surface area contributed by atoms with Gasteiger partial charge in [0.05, 0.1) is 25.8 Å². The van der Waals surface area contributed by atoms with E-state index in [1.165, 1.54) is 0 Å². The fraction of sp³-hybridized carbons (Fsp3) is 0. The molecule has 0 saturated carbocycles. The Labute approximate surface area is 134 Å². The van der Waals surface area contributed by atoms with Crippen molar-refractivity contribution < 1.29 is 33.1 Å². The molecule has 0 aliphatic rings. The van der Waals surface area contributed by atoms with Gasteiger partial charge in [0.25, 0.3) is 5.69 Å². The van der Waals surface area contributed by atoms with Gasteiger partial charge in [0.2, 0.25) is 9.84 Å². The topological polar surface area (TPSA) is 152 Å². The molecule has 2 aromatic rings. The predicted octanol–water partition coefficient (Wildman–Crippen LogP) is 1.82. The summed E-state index contributed by atoms with van der Waals surface area (Å²) in [5, 5.41) is 28.6. The van der Waals surface area contributed by atoms with Gasteiger partial charge in [0.15, 0.2) is 0 Å². The van der Waals surface area contributed by atoms with E-state index in [1.807, 2.05) is 0 Å². The second kappa shape index (κ2) is 6.08. The standard InChI is InChI=1S/C14H9NO8S/c16-13(17)11-6-5-10(7-12(11)14(18)19)24(22,23)9-3-1-8(2-4-9)15(20)21/h1-7H,(H,16,17)(H,18,19). The van der Waals surface area contributed by atoms with Crippen LogP contribution in [-0.2, 0) is 9.84 Å². The molecule has 0 aliphatic carbocycles. The van der Waals surface area contributed by atoms with Gasteiger partial charge in [-0.3, -0.25) is 10.1 Å². The lowest BCUT2D eigenvalue weighted by atomic mass is 10.1. The smallest absolute Gasteiger partial charge is 0.336 e. The fourth-order valence-electron chi connectivity index (χ4n) is 1.94. The van der Waals surface area contributed by atoms with Crippen LogP contribution in [0.4, 0.5) is 5.69 Å². The minimum Gasteiger partial charge on any atom is -0.478 e. The molecule has 0 amide bonds. The van der Waals surface area contributed by atoms with Crippen molar-refractivity contribution in [3.8, 4) is 0 Å². The molecule has 124 valence electrons. The zero-order valence-corrected chi connectivity index (χ0v) is 12.6. The highest BCUT2D eigenvalue weighted by Crippen LogP contribution is 2.25. The molecule has 0 aliphatic heterocycles. The zero-order valence-electron chi connectivity index (χ0n) is 11.7. The summed E-state index contributed by atoms with van der Waals surface area (Å²) in [6.07, 6.45) is 0. The number of benzene rings is 2. The lowest BCUT2D eigenvalue weighted by Crippen LogP contribution is -2.10. The van der Waals surface area contributed by atoms with Crippen molar-refractivity contribution in [3.05, 3.63) is 63.7 Å². The Morgan fingerprint density at radius 3 is 1.83 bits per heavy atom. The lowest BCUT2D eigenvalue weighted by molar-refractivity contribution is -0.384. The molecule has 0 radical (unpaired) electrons. The number of nitro groups is 1. The van der Waals surface area contributed by atoms with Crippen LogP contribution in [0.1, 0.15) is 20.7 Å². The highest BCUT2D eigenvalue weighted by atomic mass is 32.2. The molecule has 0 aromatic heterocycles. The van der Waals surface area contributed by atoms with Crippen LogP contribution in [0.2, 0.25) is 0 Å². The molecule has 0 fully saturated rings. The van der Waals surface area contributed by atoms with E-state index in [4.69, 9.17) is 10.2 Å². The van der Waals surface area contributed by atoms with Crippen LogP contribution in [0.5, 0.6) is 0 Å². The van der Waals surface area contributed by atoms with Crippen LogP contribution in [-0.4, -0.2) is 35.5 Å². The van der Waals surface area contributed by atoms with Gasteiger partial charge in [-0.15, -0.1) is 0 Å². The Bertz CT molecular complexity index is 947. The maximum Gasteiger partial charge on any atom is 0.336 e. The van der Waals surface area contributed by atoms with E-state index in [0.29, 0.717) is 0 Å². The molecule has 2 aromatic carbocycles. The van der Waals surface area contributed by atoms with E-state index in [-0.39, 0.29) is 10.6 Å². The van der Waals surface area contributed by atoms with Crippen LogP contribution in [0, 0.1) is 10.1 Å². The second-order valence-electron chi connectivity index (χ2n) is 4.57. The van der Waals surface area contributed by atoms with Crippen molar-refractivity contribution in [1.82, 2.24) is 0 Å². The maximum absolute atomic E-state index is 12.5. The molecule has 2 N–H and O–H groups in total. The number of non-ortho nitro benzene ring substituents is 1.